The fraction of sp³-hybridized carbons (Fsp3) is 0.227. The van der Waals surface area contributed by atoms with Gasteiger partial charge in [-0.25, -0.2) is 0 Å². The van der Waals surface area contributed by atoms with E-state index in [2.05, 4.69) is 79.0 Å². The molecule has 0 bridgehead atoms. The number of pyridine rings is 2. The molecule has 1 saturated heterocycles. The van der Waals surface area contributed by atoms with Gasteiger partial charge < -0.3 is 10.2 Å². The van der Waals surface area contributed by atoms with Gasteiger partial charge in [0, 0.05) is 23.2 Å². The second-order valence-electron chi connectivity index (χ2n) is 13.7. The van der Waals surface area contributed by atoms with Crippen molar-refractivity contribution in [2.24, 2.45) is 10.8 Å². The molecule has 1 N–H and O–H groups in total. The summed E-state index contributed by atoms with van der Waals surface area (Å²) in [6.07, 6.45) is 7.07. The van der Waals surface area contributed by atoms with Gasteiger partial charge in [-0.05, 0) is 77.3 Å². The Morgan fingerprint density at radius 2 is 1.36 bits per heavy atom. The molecule has 1 fully saturated rings. The Morgan fingerprint density at radius 3 is 1.96 bits per heavy atom. The maximum Gasteiger partial charge on any atom is 0.235 e. The fourth-order valence-corrected chi connectivity index (χ4v) is 5.96. The average molecular weight is 663 g/mol. The summed E-state index contributed by atoms with van der Waals surface area (Å²) in [6.45, 7) is 13.5. The number of β-lactam (4-membered cyclic amide) rings is 1. The number of carbonyl (C=O) groups is 2. The molecule has 1 aliphatic rings. The van der Waals surface area contributed by atoms with Gasteiger partial charge in [0.2, 0.25) is 11.8 Å². The number of fused-ring (bicyclic) bond motifs is 2. The predicted molar refractivity (Wildman–Crippen MR) is 207 cm³/mol. The first-order valence-electron chi connectivity index (χ1n) is 17.0. The molecule has 4 aromatic carbocycles. The van der Waals surface area contributed by atoms with Gasteiger partial charge in [-0.15, -0.1) is 6.58 Å². The zero-order chi connectivity index (χ0) is 35.7. The van der Waals surface area contributed by atoms with E-state index in [4.69, 9.17) is 0 Å². The van der Waals surface area contributed by atoms with Crippen LogP contribution in [0.1, 0.15) is 45.2 Å². The number of rotatable bonds is 7. The zero-order valence-corrected chi connectivity index (χ0v) is 29.6. The second kappa shape index (κ2) is 15.7. The number of benzene rings is 4. The highest BCUT2D eigenvalue weighted by Crippen LogP contribution is 2.45. The van der Waals surface area contributed by atoms with Gasteiger partial charge in [0.25, 0.3) is 0 Å². The Morgan fingerprint density at radius 1 is 0.800 bits per heavy atom. The molecule has 7 rings (SSSR count). The van der Waals surface area contributed by atoms with Crippen LogP contribution in [0.15, 0.2) is 146 Å². The first kappa shape index (κ1) is 35.7. The number of amides is 2. The first-order chi connectivity index (χ1) is 24.0. The third kappa shape index (κ3) is 8.15. The van der Waals surface area contributed by atoms with Crippen LogP contribution in [0.25, 0.3) is 21.8 Å². The molecule has 6 aromatic rings. The smallest absolute Gasteiger partial charge is 0.235 e. The van der Waals surface area contributed by atoms with E-state index in [-0.39, 0.29) is 23.3 Å². The summed E-state index contributed by atoms with van der Waals surface area (Å²) in [5.41, 5.74) is 5.07. The van der Waals surface area contributed by atoms with E-state index in [0.29, 0.717) is 0 Å². The highest BCUT2D eigenvalue weighted by molar-refractivity contribution is 6.10. The van der Waals surface area contributed by atoms with Crippen molar-refractivity contribution < 1.29 is 9.59 Å². The van der Waals surface area contributed by atoms with Gasteiger partial charge in [-0.1, -0.05) is 109 Å². The lowest BCUT2D eigenvalue weighted by molar-refractivity contribution is -0.137. The lowest BCUT2D eigenvalue weighted by Gasteiger charge is -2.53. The van der Waals surface area contributed by atoms with Crippen LogP contribution in [-0.4, -0.2) is 27.8 Å². The summed E-state index contributed by atoms with van der Waals surface area (Å²) in [7, 11) is 0. The number of aromatic nitrogens is 2. The fourth-order valence-electron chi connectivity index (χ4n) is 5.96. The van der Waals surface area contributed by atoms with E-state index in [1.807, 2.05) is 104 Å². The van der Waals surface area contributed by atoms with Crippen molar-refractivity contribution in [3.63, 3.8) is 0 Å². The maximum absolute atomic E-state index is 12.8. The van der Waals surface area contributed by atoms with Gasteiger partial charge in [0.05, 0.1) is 39.3 Å². The van der Waals surface area contributed by atoms with E-state index in [0.717, 1.165) is 46.0 Å². The van der Waals surface area contributed by atoms with Crippen LogP contribution >= 0.6 is 0 Å². The Balaban J connectivity index is 0.000000169. The molecule has 6 heteroatoms. The van der Waals surface area contributed by atoms with Crippen molar-refractivity contribution >= 4 is 45.0 Å². The molecular weight excluding hydrogens is 617 g/mol. The van der Waals surface area contributed by atoms with E-state index in [1.165, 1.54) is 11.1 Å². The van der Waals surface area contributed by atoms with Crippen molar-refractivity contribution in [1.29, 1.82) is 0 Å². The van der Waals surface area contributed by atoms with Crippen molar-refractivity contribution in [1.82, 2.24) is 9.97 Å². The Hall–Kier alpha value is -5.62. The van der Waals surface area contributed by atoms with Crippen molar-refractivity contribution in [2.45, 2.75) is 53.5 Å². The molecule has 0 spiro atoms. The topological polar surface area (TPSA) is 75.2 Å². The molecule has 2 aromatic heterocycles. The van der Waals surface area contributed by atoms with E-state index in [1.54, 1.807) is 18.5 Å². The van der Waals surface area contributed by atoms with E-state index >= 15 is 0 Å². The Kier molecular flexibility index (Phi) is 11.2. The van der Waals surface area contributed by atoms with Crippen LogP contribution in [0.2, 0.25) is 0 Å². The standard InChI is InChI=1S/C22H22N2O.C15H16N2O.C7H8/c1-22(2)19(14-13-16-8-4-3-5-9-16)24(21(22)25)18-12-6-10-17-11-7-15-23-20(17)18;1-4-15(2,3)14(18)17-12-9-5-7-11-8-6-10-16-13(11)12;1-7-5-3-2-4-6-7/h3-12,15,19H,13-14H2,1-2H3;4-10H,1H2,2-3H3,(H,17,18);2-6H,1H3. The molecule has 0 saturated carbocycles. The Labute approximate surface area is 295 Å². The molecule has 1 unspecified atom stereocenters. The number of anilines is 2. The van der Waals surface area contributed by atoms with Crippen molar-refractivity contribution in [2.75, 3.05) is 10.2 Å². The van der Waals surface area contributed by atoms with Gasteiger partial charge in [0.1, 0.15) is 0 Å². The third-order valence-electron chi connectivity index (χ3n) is 9.25. The summed E-state index contributed by atoms with van der Waals surface area (Å²) in [6, 6.07) is 40.5. The second-order valence-corrected chi connectivity index (χ2v) is 13.7. The highest BCUT2D eigenvalue weighted by Gasteiger charge is 2.54. The average Bonchev–Trinajstić information content (AvgIpc) is 3.14. The number of nitrogens with one attached hydrogen (secondary N) is 1. The SMILES string of the molecule is C=CC(C)(C)C(=O)Nc1cccc2cccnc12.CC1(C)C(=O)N(c2cccc3cccnc23)C1CCc1ccccc1.Cc1ccccc1. The van der Waals surface area contributed by atoms with E-state index in [9.17, 15) is 9.59 Å². The summed E-state index contributed by atoms with van der Waals surface area (Å²) in [4.78, 5) is 35.7. The molecule has 1 atom stereocenters. The molecule has 6 nitrogen and oxygen atoms in total. The molecule has 2 amide bonds. The molecular formula is C44H46N4O2. The number of hydrogen-bond acceptors (Lipinski definition) is 4. The lowest BCUT2D eigenvalue weighted by atomic mass is 9.71. The predicted octanol–water partition coefficient (Wildman–Crippen LogP) is 9.99. The minimum atomic E-state index is -0.600. The van der Waals surface area contributed by atoms with Gasteiger partial charge in [-0.3, -0.25) is 19.6 Å². The first-order valence-corrected chi connectivity index (χ1v) is 17.0. The molecule has 3 heterocycles. The molecule has 50 heavy (non-hydrogen) atoms. The number of aryl methyl sites for hydroxylation is 2. The normalized spacial score (nSPS) is 14.8. The van der Waals surface area contributed by atoms with Crippen molar-refractivity contribution in [3.05, 3.63) is 158 Å². The number of nitrogens with zero attached hydrogens (tertiary/aromatic N) is 3. The maximum atomic E-state index is 12.8. The number of carbonyl (C=O) groups excluding carboxylic acids is 2. The number of para-hydroxylation sites is 2. The van der Waals surface area contributed by atoms with Crippen LogP contribution < -0.4 is 10.2 Å². The molecule has 1 aliphatic heterocycles. The minimum Gasteiger partial charge on any atom is -0.323 e. The molecule has 0 aliphatic carbocycles. The van der Waals surface area contributed by atoms with Crippen LogP contribution in [0.5, 0.6) is 0 Å². The minimum absolute atomic E-state index is 0.0874. The highest BCUT2D eigenvalue weighted by atomic mass is 16.2. The quantitative estimate of drug-likeness (QED) is 0.136. The van der Waals surface area contributed by atoms with Crippen LogP contribution in [0.3, 0.4) is 0 Å². The third-order valence-corrected chi connectivity index (χ3v) is 9.25. The van der Waals surface area contributed by atoms with Crippen LogP contribution in [0.4, 0.5) is 11.4 Å². The zero-order valence-electron chi connectivity index (χ0n) is 29.6. The van der Waals surface area contributed by atoms with Gasteiger partial charge in [0.15, 0.2) is 0 Å². The van der Waals surface area contributed by atoms with Crippen LogP contribution in [0, 0.1) is 17.8 Å². The van der Waals surface area contributed by atoms with Gasteiger partial charge in [-0.2, -0.15) is 0 Å². The molecule has 254 valence electrons. The summed E-state index contributed by atoms with van der Waals surface area (Å²) in [5, 5.41) is 4.98. The summed E-state index contributed by atoms with van der Waals surface area (Å²) < 4.78 is 0. The summed E-state index contributed by atoms with van der Waals surface area (Å²) in [5.74, 6) is 0.0966. The number of hydrogen-bond donors (Lipinski definition) is 1. The largest absolute Gasteiger partial charge is 0.323 e. The Bertz CT molecular complexity index is 2060. The monoisotopic (exact) mass is 662 g/mol. The van der Waals surface area contributed by atoms with Crippen LogP contribution in [-0.2, 0) is 16.0 Å². The van der Waals surface area contributed by atoms with E-state index < -0.39 is 5.41 Å². The van der Waals surface area contributed by atoms with Gasteiger partial charge >= 0.3 is 0 Å². The van der Waals surface area contributed by atoms with Crippen molar-refractivity contribution in [3.8, 4) is 0 Å². The molecule has 0 radical (unpaired) electrons. The lowest BCUT2D eigenvalue weighted by Crippen LogP contribution is -2.67. The summed E-state index contributed by atoms with van der Waals surface area (Å²) >= 11 is 0.